The normalized spacial score (nSPS) is 15.9. The second-order valence-corrected chi connectivity index (χ2v) is 6.86. The van der Waals surface area contributed by atoms with Gasteiger partial charge in [-0.05, 0) is 49.2 Å². The summed E-state index contributed by atoms with van der Waals surface area (Å²) in [6.07, 6.45) is 3.87. The van der Waals surface area contributed by atoms with Crippen molar-refractivity contribution in [2.75, 3.05) is 29.9 Å². The average molecular weight is 373 g/mol. The van der Waals surface area contributed by atoms with Crippen LogP contribution < -0.4 is 15.0 Å². The number of halogens is 2. The van der Waals surface area contributed by atoms with E-state index in [1.165, 1.54) is 6.07 Å². The summed E-state index contributed by atoms with van der Waals surface area (Å²) in [5.74, 6) is -0.140. The van der Waals surface area contributed by atoms with E-state index in [2.05, 4.69) is 10.2 Å². The Morgan fingerprint density at radius 1 is 1.19 bits per heavy atom. The predicted octanol–water partition coefficient (Wildman–Crippen LogP) is 4.49. The molecule has 134 valence electrons. The van der Waals surface area contributed by atoms with Crippen LogP contribution in [0.1, 0.15) is 18.4 Å². The fourth-order valence-corrected chi connectivity index (χ4v) is 3.51. The van der Waals surface area contributed by atoms with Crippen molar-refractivity contribution in [2.24, 2.45) is 0 Å². The first-order valence-corrected chi connectivity index (χ1v) is 8.97. The molecule has 6 heteroatoms. The van der Waals surface area contributed by atoms with E-state index in [0.29, 0.717) is 16.3 Å². The molecular formula is C20H18ClFN2O2. The van der Waals surface area contributed by atoms with Gasteiger partial charge in [-0.1, -0.05) is 17.7 Å². The van der Waals surface area contributed by atoms with E-state index in [1.807, 2.05) is 6.07 Å². The minimum atomic E-state index is -0.441. The first kappa shape index (κ1) is 16.9. The summed E-state index contributed by atoms with van der Waals surface area (Å²) in [5, 5.41) is 3.30. The van der Waals surface area contributed by atoms with Crippen molar-refractivity contribution in [1.82, 2.24) is 0 Å². The standard InChI is InChI=1S/C20H18ClFN2O2/c21-15-6-7-18-13(11-15)10-14(12-26-18)20(25)23-19-16(22)4-3-5-17(19)24-8-1-2-9-24/h3-7,10-11H,1-2,8-9,12H2,(H,23,25). The summed E-state index contributed by atoms with van der Waals surface area (Å²) in [6, 6.07) is 10.1. The number of nitrogens with zero attached hydrogens (tertiary/aromatic N) is 1. The Bertz CT molecular complexity index is 891. The predicted molar refractivity (Wildman–Crippen MR) is 101 cm³/mol. The number of carbonyl (C=O) groups excluding carboxylic acids is 1. The number of carbonyl (C=O) groups is 1. The van der Waals surface area contributed by atoms with Crippen molar-refractivity contribution >= 4 is 35.0 Å². The molecule has 2 aromatic rings. The van der Waals surface area contributed by atoms with E-state index in [9.17, 15) is 9.18 Å². The molecule has 0 aromatic heterocycles. The largest absolute Gasteiger partial charge is 0.488 e. The Hall–Kier alpha value is -2.53. The van der Waals surface area contributed by atoms with E-state index in [4.69, 9.17) is 16.3 Å². The first-order valence-electron chi connectivity index (χ1n) is 8.59. The summed E-state index contributed by atoms with van der Waals surface area (Å²) in [7, 11) is 0. The van der Waals surface area contributed by atoms with Crippen molar-refractivity contribution in [3.63, 3.8) is 0 Å². The second-order valence-electron chi connectivity index (χ2n) is 6.42. The van der Waals surface area contributed by atoms with Crippen LogP contribution in [0.3, 0.4) is 0 Å². The van der Waals surface area contributed by atoms with E-state index < -0.39 is 5.82 Å². The lowest BCUT2D eigenvalue weighted by molar-refractivity contribution is -0.113. The maximum absolute atomic E-state index is 14.4. The lowest BCUT2D eigenvalue weighted by Crippen LogP contribution is -2.25. The highest BCUT2D eigenvalue weighted by molar-refractivity contribution is 6.30. The quantitative estimate of drug-likeness (QED) is 0.862. The Morgan fingerprint density at radius 3 is 2.81 bits per heavy atom. The Balaban J connectivity index is 1.61. The number of rotatable bonds is 3. The van der Waals surface area contributed by atoms with Crippen LogP contribution in [0.5, 0.6) is 5.75 Å². The third-order valence-electron chi connectivity index (χ3n) is 4.65. The van der Waals surface area contributed by atoms with Gasteiger partial charge in [0.2, 0.25) is 0 Å². The smallest absolute Gasteiger partial charge is 0.255 e. The van der Waals surface area contributed by atoms with E-state index in [1.54, 1.807) is 30.3 Å². The number of nitrogens with one attached hydrogen (secondary N) is 1. The van der Waals surface area contributed by atoms with Gasteiger partial charge in [0, 0.05) is 23.7 Å². The van der Waals surface area contributed by atoms with Crippen molar-refractivity contribution in [2.45, 2.75) is 12.8 Å². The zero-order valence-electron chi connectivity index (χ0n) is 14.1. The van der Waals surface area contributed by atoms with Crippen molar-refractivity contribution in [1.29, 1.82) is 0 Å². The van der Waals surface area contributed by atoms with Crippen LogP contribution in [-0.2, 0) is 4.79 Å². The number of benzene rings is 2. The first-order chi connectivity index (χ1) is 12.6. The van der Waals surface area contributed by atoms with Gasteiger partial charge in [0.15, 0.2) is 0 Å². The molecule has 4 nitrogen and oxygen atoms in total. The number of ether oxygens (including phenoxy) is 1. The maximum atomic E-state index is 14.4. The van der Waals surface area contributed by atoms with E-state index in [0.717, 1.165) is 37.2 Å². The molecule has 4 rings (SSSR count). The molecule has 1 saturated heterocycles. The van der Waals surface area contributed by atoms with E-state index in [-0.39, 0.29) is 18.2 Å². The van der Waals surface area contributed by atoms with Crippen LogP contribution in [0.2, 0.25) is 5.02 Å². The number of hydrogen-bond acceptors (Lipinski definition) is 3. The van der Waals surface area contributed by atoms with Gasteiger partial charge >= 0.3 is 0 Å². The van der Waals surface area contributed by atoms with Crippen LogP contribution in [0.15, 0.2) is 42.0 Å². The van der Waals surface area contributed by atoms with Gasteiger partial charge in [0.25, 0.3) is 5.91 Å². The lowest BCUT2D eigenvalue weighted by atomic mass is 10.1. The molecule has 2 heterocycles. The molecule has 0 aliphatic carbocycles. The highest BCUT2D eigenvalue weighted by Gasteiger charge is 2.22. The molecule has 0 bridgehead atoms. The molecule has 0 unspecified atom stereocenters. The van der Waals surface area contributed by atoms with Crippen molar-refractivity contribution in [3.05, 3.63) is 58.4 Å². The molecule has 2 aliphatic rings. The molecule has 0 atom stereocenters. The van der Waals surface area contributed by atoms with Crippen LogP contribution in [0, 0.1) is 5.82 Å². The molecular weight excluding hydrogens is 355 g/mol. The maximum Gasteiger partial charge on any atom is 0.255 e. The molecule has 0 saturated carbocycles. The Kier molecular flexibility index (Phi) is 4.55. The fourth-order valence-electron chi connectivity index (χ4n) is 3.33. The summed E-state index contributed by atoms with van der Waals surface area (Å²) < 4.78 is 20.0. The highest BCUT2D eigenvalue weighted by atomic mass is 35.5. The molecule has 0 radical (unpaired) electrons. The molecule has 26 heavy (non-hydrogen) atoms. The van der Waals surface area contributed by atoms with Gasteiger partial charge in [-0.3, -0.25) is 4.79 Å². The van der Waals surface area contributed by atoms with Crippen LogP contribution in [0.4, 0.5) is 15.8 Å². The van der Waals surface area contributed by atoms with Crippen LogP contribution in [0.25, 0.3) is 6.08 Å². The Labute approximate surface area is 156 Å². The van der Waals surface area contributed by atoms with Gasteiger partial charge in [-0.25, -0.2) is 4.39 Å². The molecule has 1 fully saturated rings. The second kappa shape index (κ2) is 7.00. The van der Waals surface area contributed by atoms with Gasteiger partial charge in [-0.2, -0.15) is 0 Å². The summed E-state index contributed by atoms with van der Waals surface area (Å²) in [5.41, 5.74) is 2.10. The number of anilines is 2. The van der Waals surface area contributed by atoms with Crippen LogP contribution in [-0.4, -0.2) is 25.6 Å². The van der Waals surface area contributed by atoms with Crippen LogP contribution >= 0.6 is 11.6 Å². The van der Waals surface area contributed by atoms with Gasteiger partial charge in [0.05, 0.1) is 11.3 Å². The zero-order chi connectivity index (χ0) is 18.1. The number of para-hydroxylation sites is 1. The number of hydrogen-bond donors (Lipinski definition) is 1. The zero-order valence-corrected chi connectivity index (χ0v) is 14.9. The third-order valence-corrected chi connectivity index (χ3v) is 4.89. The summed E-state index contributed by atoms with van der Waals surface area (Å²) in [4.78, 5) is 14.8. The Morgan fingerprint density at radius 2 is 2.00 bits per heavy atom. The number of amides is 1. The average Bonchev–Trinajstić information content (AvgIpc) is 3.17. The molecule has 0 spiro atoms. The van der Waals surface area contributed by atoms with Gasteiger partial charge in [-0.15, -0.1) is 0 Å². The van der Waals surface area contributed by atoms with E-state index >= 15 is 0 Å². The molecule has 2 aromatic carbocycles. The monoisotopic (exact) mass is 372 g/mol. The summed E-state index contributed by atoms with van der Waals surface area (Å²) >= 11 is 6.01. The third kappa shape index (κ3) is 3.27. The molecule has 2 aliphatic heterocycles. The molecule has 1 amide bonds. The lowest BCUT2D eigenvalue weighted by Gasteiger charge is -2.23. The topological polar surface area (TPSA) is 41.6 Å². The SMILES string of the molecule is O=C(Nc1c(F)cccc1N1CCCC1)C1=Cc2cc(Cl)ccc2OC1. The fraction of sp³-hybridized carbons (Fsp3) is 0.250. The minimum Gasteiger partial charge on any atom is -0.488 e. The molecule has 1 N–H and O–H groups in total. The van der Waals surface area contributed by atoms with Gasteiger partial charge < -0.3 is 15.0 Å². The van der Waals surface area contributed by atoms with Crippen molar-refractivity contribution in [3.8, 4) is 5.75 Å². The minimum absolute atomic E-state index is 0.133. The summed E-state index contributed by atoms with van der Waals surface area (Å²) in [6.45, 7) is 1.86. The van der Waals surface area contributed by atoms with Crippen molar-refractivity contribution < 1.29 is 13.9 Å². The number of fused-ring (bicyclic) bond motifs is 1. The highest BCUT2D eigenvalue weighted by Crippen LogP contribution is 2.33. The van der Waals surface area contributed by atoms with Gasteiger partial charge in [0.1, 0.15) is 23.9 Å².